The van der Waals surface area contributed by atoms with Crippen molar-refractivity contribution in [3.05, 3.63) is 67.5 Å². The Kier molecular flexibility index (Phi) is 9.84. The highest BCUT2D eigenvalue weighted by Gasteiger charge is 2.45. The van der Waals surface area contributed by atoms with E-state index in [9.17, 15) is 14.7 Å². The Hall–Kier alpha value is -2.43. The average molecular weight is 578 g/mol. The van der Waals surface area contributed by atoms with Gasteiger partial charge in [0.15, 0.2) is 6.29 Å². The van der Waals surface area contributed by atoms with Crippen LogP contribution in [0.5, 0.6) is 11.5 Å². The largest absolute Gasteiger partial charge is 0.496 e. The number of aldehydes is 1. The van der Waals surface area contributed by atoms with E-state index in [1.54, 1.807) is 24.3 Å². The molecule has 204 valence electrons. The third-order valence-corrected chi connectivity index (χ3v) is 9.17. The standard InChI is InChI=1S/C28H32ClNO6S2/c1-30(12-5-13-35-24-17-23(34-2)19(18-31)16-22(24)29)20-8-10-21(11-9-20)36-27(32)28(33,25-6-3-14-37-25)26-7-4-15-38-26/h3-4,6-7,14-18,20-21,33H,5,8-13H2,1-2H3. The fourth-order valence-electron chi connectivity index (χ4n) is 4.74. The lowest BCUT2D eigenvalue weighted by Gasteiger charge is -2.35. The zero-order valence-corrected chi connectivity index (χ0v) is 23.8. The van der Waals surface area contributed by atoms with E-state index in [0.717, 1.165) is 38.6 Å². The molecule has 0 spiro atoms. The second-order valence-electron chi connectivity index (χ2n) is 9.33. The molecule has 0 bridgehead atoms. The summed E-state index contributed by atoms with van der Waals surface area (Å²) < 4.78 is 16.9. The minimum absolute atomic E-state index is 0.214. The van der Waals surface area contributed by atoms with Crippen LogP contribution in [-0.2, 0) is 15.1 Å². The summed E-state index contributed by atoms with van der Waals surface area (Å²) in [5.74, 6) is 0.315. The number of hydrogen-bond acceptors (Lipinski definition) is 9. The maximum Gasteiger partial charge on any atom is 0.349 e. The van der Waals surface area contributed by atoms with Crippen LogP contribution in [-0.4, -0.2) is 61.7 Å². The van der Waals surface area contributed by atoms with Gasteiger partial charge in [-0.25, -0.2) is 4.79 Å². The number of nitrogens with zero attached hydrogens (tertiary/aromatic N) is 1. The molecule has 1 saturated carbocycles. The second kappa shape index (κ2) is 13.1. The number of halogens is 1. The quantitative estimate of drug-likeness (QED) is 0.166. The van der Waals surface area contributed by atoms with E-state index in [2.05, 4.69) is 11.9 Å². The van der Waals surface area contributed by atoms with Crippen LogP contribution in [0, 0.1) is 0 Å². The van der Waals surface area contributed by atoms with Crippen molar-refractivity contribution >= 4 is 46.5 Å². The molecule has 0 amide bonds. The summed E-state index contributed by atoms with van der Waals surface area (Å²) in [5.41, 5.74) is -1.38. The number of ether oxygens (including phenoxy) is 3. The SMILES string of the molecule is COc1cc(OCCCN(C)C2CCC(OC(=O)C(O)(c3cccs3)c3cccs3)CC2)c(Cl)cc1C=O. The molecule has 0 aliphatic heterocycles. The fraction of sp³-hybridized carbons (Fsp3) is 0.429. The van der Waals surface area contributed by atoms with Crippen molar-refractivity contribution in [2.75, 3.05) is 27.3 Å². The molecule has 4 rings (SSSR count). The molecule has 0 saturated heterocycles. The number of rotatable bonds is 12. The molecule has 0 radical (unpaired) electrons. The number of benzene rings is 1. The molecular weight excluding hydrogens is 546 g/mol. The summed E-state index contributed by atoms with van der Waals surface area (Å²) in [6.45, 7) is 1.32. The predicted octanol–water partition coefficient (Wildman–Crippen LogP) is 5.78. The van der Waals surface area contributed by atoms with Crippen LogP contribution in [0.1, 0.15) is 52.2 Å². The van der Waals surface area contributed by atoms with Gasteiger partial charge in [0.1, 0.15) is 17.6 Å². The Morgan fingerprint density at radius 1 is 1.13 bits per heavy atom. The molecule has 1 aliphatic carbocycles. The Morgan fingerprint density at radius 3 is 2.34 bits per heavy atom. The summed E-state index contributed by atoms with van der Waals surface area (Å²) in [4.78, 5) is 27.8. The van der Waals surface area contributed by atoms with Crippen molar-refractivity contribution in [2.45, 2.75) is 49.9 Å². The first-order valence-corrected chi connectivity index (χ1v) is 14.7. The number of methoxy groups -OCH3 is 1. The monoisotopic (exact) mass is 577 g/mol. The highest BCUT2D eigenvalue weighted by Crippen LogP contribution is 2.38. The summed E-state index contributed by atoms with van der Waals surface area (Å²) in [6, 6.07) is 10.8. The van der Waals surface area contributed by atoms with Crippen LogP contribution in [0.15, 0.2) is 47.2 Å². The van der Waals surface area contributed by atoms with E-state index < -0.39 is 11.6 Å². The summed E-state index contributed by atoms with van der Waals surface area (Å²) in [5, 5.41) is 15.5. The van der Waals surface area contributed by atoms with Gasteiger partial charge in [-0.2, -0.15) is 0 Å². The van der Waals surface area contributed by atoms with E-state index in [-0.39, 0.29) is 6.10 Å². The topological polar surface area (TPSA) is 85.3 Å². The van der Waals surface area contributed by atoms with Gasteiger partial charge in [-0.15, -0.1) is 22.7 Å². The predicted molar refractivity (Wildman–Crippen MR) is 150 cm³/mol. The highest BCUT2D eigenvalue weighted by atomic mass is 35.5. The average Bonchev–Trinajstić information content (AvgIpc) is 3.67. The van der Waals surface area contributed by atoms with Gasteiger partial charge in [-0.3, -0.25) is 4.79 Å². The minimum atomic E-state index is -1.77. The molecule has 7 nitrogen and oxygen atoms in total. The van der Waals surface area contributed by atoms with Crippen LogP contribution in [0.3, 0.4) is 0 Å². The fourth-order valence-corrected chi connectivity index (χ4v) is 6.68. The lowest BCUT2D eigenvalue weighted by molar-refractivity contribution is -0.169. The molecule has 0 unspecified atom stereocenters. The number of esters is 1. The lowest BCUT2D eigenvalue weighted by atomic mass is 9.91. The van der Waals surface area contributed by atoms with Crippen molar-refractivity contribution < 1.29 is 28.9 Å². The van der Waals surface area contributed by atoms with Crippen LogP contribution < -0.4 is 9.47 Å². The van der Waals surface area contributed by atoms with Crippen LogP contribution >= 0.6 is 34.3 Å². The maximum absolute atomic E-state index is 13.2. The Balaban J connectivity index is 1.23. The van der Waals surface area contributed by atoms with Crippen molar-refractivity contribution in [2.24, 2.45) is 0 Å². The number of carbonyl (C=O) groups excluding carboxylic acids is 2. The molecule has 1 aliphatic rings. The molecule has 1 fully saturated rings. The first-order valence-electron chi connectivity index (χ1n) is 12.5. The zero-order chi connectivity index (χ0) is 27.1. The van der Waals surface area contributed by atoms with Gasteiger partial charge >= 0.3 is 5.97 Å². The second-order valence-corrected chi connectivity index (χ2v) is 11.6. The zero-order valence-electron chi connectivity index (χ0n) is 21.4. The minimum Gasteiger partial charge on any atom is -0.496 e. The number of aliphatic hydroxyl groups is 1. The van der Waals surface area contributed by atoms with E-state index in [1.165, 1.54) is 29.8 Å². The van der Waals surface area contributed by atoms with Crippen LogP contribution in [0.2, 0.25) is 5.02 Å². The summed E-state index contributed by atoms with van der Waals surface area (Å²) in [7, 11) is 3.59. The Labute approximate surface area is 235 Å². The van der Waals surface area contributed by atoms with Gasteiger partial charge in [0, 0.05) is 18.7 Å². The van der Waals surface area contributed by atoms with Crippen LogP contribution in [0.25, 0.3) is 0 Å². The Morgan fingerprint density at radius 2 is 1.79 bits per heavy atom. The summed E-state index contributed by atoms with van der Waals surface area (Å²) in [6.07, 6.45) is 4.60. The first-order chi connectivity index (χ1) is 18.4. The molecule has 2 heterocycles. The van der Waals surface area contributed by atoms with E-state index in [0.29, 0.717) is 50.8 Å². The van der Waals surface area contributed by atoms with Crippen LogP contribution in [0.4, 0.5) is 0 Å². The molecule has 0 atom stereocenters. The molecule has 3 aromatic rings. The third-order valence-electron chi connectivity index (χ3n) is 6.92. The molecule has 1 N–H and O–H groups in total. The van der Waals surface area contributed by atoms with E-state index in [4.69, 9.17) is 25.8 Å². The number of thiophene rings is 2. The van der Waals surface area contributed by atoms with Gasteiger partial charge in [-0.05, 0) is 68.1 Å². The van der Waals surface area contributed by atoms with Gasteiger partial charge in [0.25, 0.3) is 0 Å². The number of carbonyl (C=O) groups is 2. The van der Waals surface area contributed by atoms with Crippen molar-refractivity contribution in [3.8, 4) is 11.5 Å². The molecule has 2 aromatic heterocycles. The lowest BCUT2D eigenvalue weighted by Crippen LogP contribution is -2.42. The van der Waals surface area contributed by atoms with Crippen molar-refractivity contribution in [3.63, 3.8) is 0 Å². The summed E-state index contributed by atoms with van der Waals surface area (Å²) >= 11 is 8.93. The molecule has 1 aromatic carbocycles. The normalized spacial score (nSPS) is 17.8. The Bertz CT molecular complexity index is 1160. The third kappa shape index (κ3) is 6.40. The molecule has 10 heteroatoms. The smallest absolute Gasteiger partial charge is 0.349 e. The van der Waals surface area contributed by atoms with Gasteiger partial charge in [-0.1, -0.05) is 23.7 Å². The van der Waals surface area contributed by atoms with Gasteiger partial charge in [0.2, 0.25) is 5.60 Å². The van der Waals surface area contributed by atoms with Crippen molar-refractivity contribution in [1.82, 2.24) is 4.90 Å². The van der Waals surface area contributed by atoms with E-state index >= 15 is 0 Å². The number of hydrogen-bond donors (Lipinski definition) is 1. The van der Waals surface area contributed by atoms with Crippen molar-refractivity contribution in [1.29, 1.82) is 0 Å². The first kappa shape index (κ1) is 28.6. The highest BCUT2D eigenvalue weighted by molar-refractivity contribution is 7.12. The molecular formula is C28H32ClNO6S2. The van der Waals surface area contributed by atoms with Gasteiger partial charge in [0.05, 0.1) is 34.1 Å². The maximum atomic E-state index is 13.2. The van der Waals surface area contributed by atoms with E-state index in [1.807, 2.05) is 22.9 Å². The molecule has 38 heavy (non-hydrogen) atoms. The van der Waals surface area contributed by atoms with Gasteiger partial charge < -0.3 is 24.2 Å².